The fourth-order valence-electron chi connectivity index (χ4n) is 1.89. The van der Waals surface area contributed by atoms with Crippen LogP contribution in [0.1, 0.15) is 0 Å². The van der Waals surface area contributed by atoms with Crippen LogP contribution < -0.4 is 39.1 Å². The summed E-state index contributed by atoms with van der Waals surface area (Å²) < 4.78 is 5.73. The van der Waals surface area contributed by atoms with Gasteiger partial charge in [0.25, 0.3) is 0 Å². The molecule has 0 unspecified atom stereocenters. The number of hydrogen-bond acceptors (Lipinski definition) is 3. The van der Waals surface area contributed by atoms with Crippen LogP contribution in [0, 0.1) is 0 Å². The van der Waals surface area contributed by atoms with Crippen molar-refractivity contribution in [1.82, 2.24) is 0 Å². The predicted octanol–water partition coefficient (Wildman–Crippen LogP) is -0.0819. The van der Waals surface area contributed by atoms with E-state index in [2.05, 4.69) is 20.0 Å². The van der Waals surface area contributed by atoms with E-state index in [1.807, 2.05) is 0 Å². The standard InChI is InChI=1S/C16H20N10O/c17-13(18)25-15(21)23-9-1-5-11(6-2-9)27-12-7-3-10(4-8-12)24-16(22)26-14(19)20/h1-8H,(H6,17,18,21,23,25)(H6,19,20,22,24,26). The Kier molecular flexibility index (Phi) is 6.15. The fourth-order valence-corrected chi connectivity index (χ4v) is 1.89. The normalized spacial score (nSPS) is 11.6. The Morgan fingerprint density at radius 1 is 0.556 bits per heavy atom. The molecule has 0 aliphatic heterocycles. The van der Waals surface area contributed by atoms with Crippen molar-refractivity contribution in [2.75, 3.05) is 0 Å². The van der Waals surface area contributed by atoms with Crippen molar-refractivity contribution in [3.8, 4) is 11.5 Å². The van der Waals surface area contributed by atoms with Crippen LogP contribution in [0.5, 0.6) is 11.5 Å². The van der Waals surface area contributed by atoms with Gasteiger partial charge in [-0.1, -0.05) is 0 Å². The van der Waals surface area contributed by atoms with Gasteiger partial charge in [0.05, 0.1) is 11.4 Å². The first kappa shape index (κ1) is 19.1. The Balaban J connectivity index is 2.05. The summed E-state index contributed by atoms with van der Waals surface area (Å²) in [7, 11) is 0. The van der Waals surface area contributed by atoms with Crippen LogP contribution in [0.15, 0.2) is 68.5 Å². The topological polar surface area (TPSA) is 215 Å². The van der Waals surface area contributed by atoms with Gasteiger partial charge in [0.15, 0.2) is 11.9 Å². The van der Waals surface area contributed by atoms with Crippen LogP contribution in [-0.2, 0) is 0 Å². The Morgan fingerprint density at radius 2 is 0.889 bits per heavy atom. The van der Waals surface area contributed by atoms with E-state index in [0.717, 1.165) is 0 Å². The van der Waals surface area contributed by atoms with Crippen LogP contribution >= 0.6 is 0 Å². The second-order valence-corrected chi connectivity index (χ2v) is 5.10. The summed E-state index contributed by atoms with van der Waals surface area (Å²) >= 11 is 0. The zero-order valence-corrected chi connectivity index (χ0v) is 14.3. The molecular weight excluding hydrogens is 348 g/mol. The summed E-state index contributed by atoms with van der Waals surface area (Å²) in [5, 5.41) is 0. The lowest BCUT2D eigenvalue weighted by molar-refractivity contribution is 0.483. The molecule has 11 nitrogen and oxygen atoms in total. The molecule has 11 heteroatoms. The SMILES string of the molecule is NC(N)=NC(N)=Nc1ccc(Oc2ccc(N=C(N)N=C(N)N)cc2)cc1. The molecule has 2 aromatic carbocycles. The van der Waals surface area contributed by atoms with Crippen LogP contribution in [0.2, 0.25) is 0 Å². The zero-order valence-electron chi connectivity index (χ0n) is 14.3. The average molecular weight is 368 g/mol. The summed E-state index contributed by atoms with van der Waals surface area (Å²) in [6.07, 6.45) is 0. The molecule has 0 spiro atoms. The molecule has 0 amide bonds. The van der Waals surface area contributed by atoms with Gasteiger partial charge in [0.1, 0.15) is 11.5 Å². The van der Waals surface area contributed by atoms with Gasteiger partial charge in [-0.2, -0.15) is 9.98 Å². The van der Waals surface area contributed by atoms with Crippen molar-refractivity contribution in [2.45, 2.75) is 0 Å². The summed E-state index contributed by atoms with van der Waals surface area (Å²) in [6, 6.07) is 13.7. The first-order valence-electron chi connectivity index (χ1n) is 7.57. The third-order valence-electron chi connectivity index (χ3n) is 2.88. The third-order valence-corrected chi connectivity index (χ3v) is 2.88. The Bertz CT molecular complexity index is 814. The van der Waals surface area contributed by atoms with E-state index in [4.69, 9.17) is 39.1 Å². The maximum Gasteiger partial charge on any atom is 0.223 e. The van der Waals surface area contributed by atoms with Crippen LogP contribution in [0.3, 0.4) is 0 Å². The van der Waals surface area contributed by atoms with Crippen LogP contribution in [0.4, 0.5) is 11.4 Å². The number of nitrogens with two attached hydrogens (primary N) is 6. The highest BCUT2D eigenvalue weighted by Crippen LogP contribution is 2.26. The summed E-state index contributed by atoms with van der Waals surface area (Å²) in [5.74, 6) is 0.795. The molecule has 27 heavy (non-hydrogen) atoms. The highest BCUT2D eigenvalue weighted by Gasteiger charge is 2.00. The van der Waals surface area contributed by atoms with Gasteiger partial charge < -0.3 is 39.1 Å². The molecular formula is C16H20N10O. The number of nitrogens with zero attached hydrogens (tertiary/aromatic N) is 4. The van der Waals surface area contributed by atoms with Gasteiger partial charge in [-0.15, -0.1) is 0 Å². The summed E-state index contributed by atoms with van der Waals surface area (Å²) in [4.78, 5) is 15.4. The number of ether oxygens (including phenoxy) is 1. The Labute approximate surface area is 155 Å². The first-order valence-corrected chi connectivity index (χ1v) is 7.57. The van der Waals surface area contributed by atoms with E-state index >= 15 is 0 Å². The lowest BCUT2D eigenvalue weighted by Gasteiger charge is -2.06. The summed E-state index contributed by atoms with van der Waals surface area (Å²) in [6.45, 7) is 0. The van der Waals surface area contributed by atoms with Crippen LogP contribution in [-0.4, -0.2) is 23.8 Å². The number of benzene rings is 2. The maximum atomic E-state index is 5.73. The van der Waals surface area contributed by atoms with E-state index in [9.17, 15) is 0 Å². The maximum absolute atomic E-state index is 5.73. The molecule has 12 N–H and O–H groups in total. The van der Waals surface area contributed by atoms with Crippen LogP contribution in [0.25, 0.3) is 0 Å². The van der Waals surface area contributed by atoms with E-state index in [1.54, 1.807) is 48.5 Å². The first-order chi connectivity index (χ1) is 12.8. The van der Waals surface area contributed by atoms with Gasteiger partial charge in [0, 0.05) is 0 Å². The molecule has 0 aliphatic carbocycles. The van der Waals surface area contributed by atoms with Crippen molar-refractivity contribution in [3.05, 3.63) is 48.5 Å². The molecule has 0 fully saturated rings. The monoisotopic (exact) mass is 368 g/mol. The van der Waals surface area contributed by atoms with Gasteiger partial charge >= 0.3 is 0 Å². The van der Waals surface area contributed by atoms with Crippen molar-refractivity contribution in [2.24, 2.45) is 54.4 Å². The fraction of sp³-hybridized carbons (Fsp3) is 0. The quantitative estimate of drug-likeness (QED) is 0.318. The third kappa shape index (κ3) is 6.62. The Morgan fingerprint density at radius 3 is 1.19 bits per heavy atom. The van der Waals surface area contributed by atoms with E-state index in [1.165, 1.54) is 0 Å². The molecule has 0 bridgehead atoms. The predicted molar refractivity (Wildman–Crippen MR) is 107 cm³/mol. The summed E-state index contributed by atoms with van der Waals surface area (Å²) in [5.41, 5.74) is 33.2. The molecule has 0 radical (unpaired) electrons. The minimum absolute atomic E-state index is 0.0418. The number of guanidine groups is 4. The van der Waals surface area contributed by atoms with Crippen molar-refractivity contribution in [3.63, 3.8) is 0 Å². The average Bonchev–Trinajstić information content (AvgIpc) is 2.57. The van der Waals surface area contributed by atoms with E-state index in [0.29, 0.717) is 22.9 Å². The minimum atomic E-state index is -0.163. The van der Waals surface area contributed by atoms with Crippen molar-refractivity contribution in [1.29, 1.82) is 0 Å². The lowest BCUT2D eigenvalue weighted by Crippen LogP contribution is -2.26. The molecule has 0 atom stereocenters. The van der Waals surface area contributed by atoms with Gasteiger partial charge in [-0.3, -0.25) is 0 Å². The van der Waals surface area contributed by atoms with Gasteiger partial charge in [0.2, 0.25) is 11.9 Å². The number of rotatable bonds is 4. The zero-order chi connectivity index (χ0) is 19.8. The largest absolute Gasteiger partial charge is 0.457 e. The smallest absolute Gasteiger partial charge is 0.223 e. The number of aliphatic imine (C=N–C) groups is 4. The molecule has 0 heterocycles. The molecule has 2 aromatic rings. The molecule has 140 valence electrons. The highest BCUT2D eigenvalue weighted by molar-refractivity contribution is 5.94. The number of hydrogen-bond donors (Lipinski definition) is 6. The minimum Gasteiger partial charge on any atom is -0.457 e. The second kappa shape index (κ2) is 8.71. The molecule has 0 saturated carbocycles. The molecule has 0 aliphatic rings. The molecule has 2 rings (SSSR count). The molecule has 0 aromatic heterocycles. The van der Waals surface area contributed by atoms with Crippen molar-refractivity contribution >= 4 is 35.2 Å². The molecule has 0 saturated heterocycles. The Hall–Kier alpha value is -4.28. The van der Waals surface area contributed by atoms with Gasteiger partial charge in [-0.25, -0.2) is 9.98 Å². The second-order valence-electron chi connectivity index (χ2n) is 5.10. The van der Waals surface area contributed by atoms with Gasteiger partial charge in [-0.05, 0) is 48.5 Å². The van der Waals surface area contributed by atoms with E-state index in [-0.39, 0.29) is 23.8 Å². The van der Waals surface area contributed by atoms with Crippen molar-refractivity contribution < 1.29 is 4.74 Å². The van der Waals surface area contributed by atoms with E-state index < -0.39 is 0 Å². The highest BCUT2D eigenvalue weighted by atomic mass is 16.5. The lowest BCUT2D eigenvalue weighted by atomic mass is 10.3.